The highest BCUT2D eigenvalue weighted by Gasteiger charge is 2.36. The van der Waals surface area contributed by atoms with Crippen LogP contribution in [0.5, 0.6) is 5.75 Å². The second kappa shape index (κ2) is 11.6. The third kappa shape index (κ3) is 6.39. The molecule has 0 bridgehead atoms. The number of nitrogens with zero attached hydrogens (tertiary/aromatic N) is 1. The van der Waals surface area contributed by atoms with Gasteiger partial charge in [0.1, 0.15) is 17.6 Å². The number of methoxy groups -OCH3 is 1. The van der Waals surface area contributed by atoms with Gasteiger partial charge in [0.15, 0.2) is 0 Å². The number of carbonyl (C=O) groups excluding carboxylic acids is 2. The van der Waals surface area contributed by atoms with Crippen LogP contribution in [0.25, 0.3) is 0 Å². The quantitative estimate of drug-likeness (QED) is 0.443. The normalized spacial score (nSPS) is 15.6. The van der Waals surface area contributed by atoms with Crippen LogP contribution in [0.2, 0.25) is 0 Å². The van der Waals surface area contributed by atoms with E-state index in [-0.39, 0.29) is 36.4 Å². The summed E-state index contributed by atoms with van der Waals surface area (Å²) in [6.45, 7) is 2.58. The van der Waals surface area contributed by atoms with E-state index >= 15 is 0 Å². The number of hydrogen-bond donors (Lipinski definition) is 2. The Labute approximate surface area is 216 Å². The topological polar surface area (TPSA) is 118 Å². The summed E-state index contributed by atoms with van der Waals surface area (Å²) in [7, 11) is -2.13. The lowest BCUT2D eigenvalue weighted by molar-refractivity contribution is -0.124. The molecule has 0 radical (unpaired) electrons. The van der Waals surface area contributed by atoms with Crippen molar-refractivity contribution in [1.29, 1.82) is 0 Å². The number of benzene rings is 2. The van der Waals surface area contributed by atoms with Gasteiger partial charge < -0.3 is 19.8 Å². The average Bonchev–Trinajstić information content (AvgIpc) is 3.44. The summed E-state index contributed by atoms with van der Waals surface area (Å²) < 4.78 is 38.2. The molecule has 196 valence electrons. The molecule has 1 saturated heterocycles. The lowest BCUT2D eigenvalue weighted by Gasteiger charge is -2.35. The maximum Gasteiger partial charge on any atom is 0.252 e. The van der Waals surface area contributed by atoms with E-state index in [0.29, 0.717) is 29.9 Å². The van der Waals surface area contributed by atoms with Crippen molar-refractivity contribution in [2.24, 2.45) is 5.92 Å². The average molecular weight is 526 g/mol. The minimum atomic E-state index is -3.64. The van der Waals surface area contributed by atoms with Crippen LogP contribution in [0.3, 0.4) is 0 Å². The zero-order chi connectivity index (χ0) is 26.4. The summed E-state index contributed by atoms with van der Waals surface area (Å²) in [6.07, 6.45) is 2.36. The first kappa shape index (κ1) is 26.4. The van der Waals surface area contributed by atoms with E-state index < -0.39 is 22.0 Å². The molecule has 2 N–H and O–H groups in total. The molecule has 2 amide bonds. The Morgan fingerprint density at radius 3 is 2.46 bits per heavy atom. The van der Waals surface area contributed by atoms with Gasteiger partial charge in [-0.3, -0.25) is 9.59 Å². The number of rotatable bonds is 9. The highest BCUT2D eigenvalue weighted by atomic mass is 32.2. The lowest BCUT2D eigenvalue weighted by Crippen LogP contribution is -2.53. The van der Waals surface area contributed by atoms with Gasteiger partial charge in [0.25, 0.3) is 5.91 Å². The molecule has 1 aromatic heterocycles. The molecule has 0 aliphatic carbocycles. The Morgan fingerprint density at radius 1 is 1.08 bits per heavy atom. The second-order valence-electron chi connectivity index (χ2n) is 9.03. The Hall–Kier alpha value is -3.63. The molecule has 1 aliphatic heterocycles. The number of furan rings is 1. The summed E-state index contributed by atoms with van der Waals surface area (Å²) in [6, 6.07) is 16.1. The Kier molecular flexibility index (Phi) is 8.30. The molecule has 4 rings (SSSR count). The van der Waals surface area contributed by atoms with E-state index in [1.165, 1.54) is 17.7 Å². The first-order chi connectivity index (χ1) is 17.8. The maximum atomic E-state index is 13.2. The van der Waals surface area contributed by atoms with Gasteiger partial charge in [-0.05, 0) is 68.1 Å². The van der Waals surface area contributed by atoms with Crippen LogP contribution in [0.1, 0.15) is 34.5 Å². The van der Waals surface area contributed by atoms with Gasteiger partial charge in [-0.2, -0.15) is 4.31 Å². The molecule has 0 unspecified atom stereocenters. The molecule has 1 fully saturated rings. The van der Waals surface area contributed by atoms with Crippen molar-refractivity contribution in [2.75, 3.05) is 20.2 Å². The van der Waals surface area contributed by atoms with E-state index in [4.69, 9.17) is 9.15 Å². The smallest absolute Gasteiger partial charge is 0.252 e. The molecule has 10 heteroatoms. The Bertz CT molecular complexity index is 1310. The first-order valence-corrected chi connectivity index (χ1v) is 13.5. The number of nitrogens with one attached hydrogen (secondary N) is 2. The van der Waals surface area contributed by atoms with Gasteiger partial charge in [-0.15, -0.1) is 0 Å². The number of sulfonamides is 1. The van der Waals surface area contributed by atoms with E-state index in [2.05, 4.69) is 10.6 Å². The van der Waals surface area contributed by atoms with Gasteiger partial charge in [0.05, 0.1) is 24.8 Å². The maximum absolute atomic E-state index is 13.2. The molecular weight excluding hydrogens is 494 g/mol. The fourth-order valence-electron chi connectivity index (χ4n) is 4.39. The van der Waals surface area contributed by atoms with Crippen LogP contribution >= 0.6 is 0 Å². The monoisotopic (exact) mass is 525 g/mol. The van der Waals surface area contributed by atoms with E-state index in [0.717, 1.165) is 5.56 Å². The molecule has 0 saturated carbocycles. The highest BCUT2D eigenvalue weighted by Crippen LogP contribution is 2.27. The van der Waals surface area contributed by atoms with Crippen molar-refractivity contribution < 1.29 is 27.2 Å². The number of amides is 2. The van der Waals surface area contributed by atoms with Crippen molar-refractivity contribution in [2.45, 2.75) is 37.2 Å². The second-order valence-corrected chi connectivity index (χ2v) is 11.0. The summed E-state index contributed by atoms with van der Waals surface area (Å²) in [5, 5.41) is 5.70. The standard InChI is InChI=1S/C27H31N3O6S/c1-19-8-10-24(11-9-19)37(33,34)30-14-12-20(13-15-30)25(27(32)28-18-23-7-4-16-36-23)29-26(31)21-5-3-6-22(17-21)35-2/h3-11,16-17,20,25H,12-15,18H2,1-2H3,(H,28,32)(H,29,31)/t25-/m1/s1. The summed E-state index contributed by atoms with van der Waals surface area (Å²) in [5.74, 6) is 0.0983. The molecule has 2 aromatic carbocycles. The van der Waals surface area contributed by atoms with Crippen molar-refractivity contribution in [1.82, 2.24) is 14.9 Å². The molecule has 0 spiro atoms. The van der Waals surface area contributed by atoms with Crippen LogP contribution in [0.15, 0.2) is 76.2 Å². The minimum Gasteiger partial charge on any atom is -0.497 e. The number of aryl methyl sites for hydroxylation is 1. The first-order valence-electron chi connectivity index (χ1n) is 12.1. The van der Waals surface area contributed by atoms with Gasteiger partial charge in [-0.1, -0.05) is 23.8 Å². The van der Waals surface area contributed by atoms with Crippen LogP contribution in [-0.2, 0) is 21.4 Å². The SMILES string of the molecule is COc1cccc(C(=O)N[C@@H](C(=O)NCc2ccco2)C2CCN(S(=O)(=O)c3ccc(C)cc3)CC2)c1. The summed E-state index contributed by atoms with van der Waals surface area (Å²) in [5.41, 5.74) is 1.34. The van der Waals surface area contributed by atoms with Crippen LogP contribution in [0, 0.1) is 12.8 Å². The van der Waals surface area contributed by atoms with Gasteiger partial charge in [0.2, 0.25) is 15.9 Å². The van der Waals surface area contributed by atoms with Crippen LogP contribution < -0.4 is 15.4 Å². The zero-order valence-corrected chi connectivity index (χ0v) is 21.7. The van der Waals surface area contributed by atoms with Crippen LogP contribution in [-0.4, -0.2) is 50.8 Å². The van der Waals surface area contributed by atoms with Crippen molar-refractivity contribution in [3.63, 3.8) is 0 Å². The van der Waals surface area contributed by atoms with Crippen LogP contribution in [0.4, 0.5) is 0 Å². The van der Waals surface area contributed by atoms with Gasteiger partial charge >= 0.3 is 0 Å². The third-order valence-corrected chi connectivity index (χ3v) is 8.46. The summed E-state index contributed by atoms with van der Waals surface area (Å²) >= 11 is 0. The molecule has 9 nitrogen and oxygen atoms in total. The predicted octanol–water partition coefficient (Wildman–Crippen LogP) is 3.11. The molecule has 1 aliphatic rings. The van der Waals surface area contributed by atoms with Gasteiger partial charge in [-0.25, -0.2) is 8.42 Å². The number of carbonyl (C=O) groups is 2. The predicted molar refractivity (Wildman–Crippen MR) is 137 cm³/mol. The van der Waals surface area contributed by atoms with Crippen molar-refractivity contribution >= 4 is 21.8 Å². The molecule has 3 aromatic rings. The fraction of sp³-hybridized carbons (Fsp3) is 0.333. The lowest BCUT2D eigenvalue weighted by atomic mass is 9.89. The zero-order valence-electron chi connectivity index (χ0n) is 20.8. The third-order valence-electron chi connectivity index (χ3n) is 6.55. The van der Waals surface area contributed by atoms with Gasteiger partial charge in [0, 0.05) is 18.7 Å². The number of ether oxygens (including phenoxy) is 1. The Morgan fingerprint density at radius 2 is 1.81 bits per heavy atom. The minimum absolute atomic E-state index is 0.179. The molecule has 1 atom stereocenters. The van der Waals surface area contributed by atoms with E-state index in [1.807, 2.05) is 6.92 Å². The van der Waals surface area contributed by atoms with E-state index in [9.17, 15) is 18.0 Å². The fourth-order valence-corrected chi connectivity index (χ4v) is 5.86. The molecule has 37 heavy (non-hydrogen) atoms. The van der Waals surface area contributed by atoms with E-state index in [1.54, 1.807) is 60.7 Å². The Balaban J connectivity index is 1.48. The molecule has 2 heterocycles. The largest absolute Gasteiger partial charge is 0.497 e. The van der Waals surface area contributed by atoms with Crippen molar-refractivity contribution in [3.05, 3.63) is 83.8 Å². The molecular formula is C27H31N3O6S. The highest BCUT2D eigenvalue weighted by molar-refractivity contribution is 7.89. The number of piperidine rings is 1. The summed E-state index contributed by atoms with van der Waals surface area (Å²) in [4.78, 5) is 26.5. The number of hydrogen-bond acceptors (Lipinski definition) is 6. The van der Waals surface area contributed by atoms with Crippen molar-refractivity contribution in [3.8, 4) is 5.75 Å².